The maximum absolute atomic E-state index is 6.05. The quantitative estimate of drug-likeness (QED) is 0.423. The van der Waals surface area contributed by atoms with Crippen LogP contribution in [-0.2, 0) is 0 Å². The molecule has 0 radical (unpaired) electrons. The monoisotopic (exact) mass is 252 g/mol. The molecular formula is C12H24N6. The van der Waals surface area contributed by atoms with Gasteiger partial charge in [-0.25, -0.2) is 10.9 Å². The van der Waals surface area contributed by atoms with Gasteiger partial charge in [-0.1, -0.05) is 27.7 Å². The van der Waals surface area contributed by atoms with E-state index in [1.165, 1.54) is 5.01 Å². The number of aliphatic imine (C=N–C) groups is 2. The van der Waals surface area contributed by atoms with Crippen molar-refractivity contribution in [2.24, 2.45) is 26.7 Å². The summed E-state index contributed by atoms with van der Waals surface area (Å²) in [6.07, 6.45) is 0. The first-order chi connectivity index (χ1) is 8.29. The topological polar surface area (TPSA) is 78.0 Å². The molecule has 6 heteroatoms. The van der Waals surface area contributed by atoms with Gasteiger partial charge >= 0.3 is 0 Å². The van der Waals surface area contributed by atoms with Crippen LogP contribution < -0.4 is 16.5 Å². The molecule has 0 saturated heterocycles. The van der Waals surface area contributed by atoms with Crippen LogP contribution in [0, 0.1) is 10.8 Å². The Kier molecular flexibility index (Phi) is 3.23. The van der Waals surface area contributed by atoms with E-state index in [1.807, 2.05) is 0 Å². The summed E-state index contributed by atoms with van der Waals surface area (Å²) in [6, 6.07) is 0. The molecule has 0 aromatic carbocycles. The normalized spacial score (nSPS) is 25.4. The molecule has 0 aromatic heterocycles. The van der Waals surface area contributed by atoms with Crippen molar-refractivity contribution in [2.45, 2.75) is 27.7 Å². The van der Waals surface area contributed by atoms with Gasteiger partial charge in [0.2, 0.25) is 11.9 Å². The Morgan fingerprint density at radius 3 is 1.61 bits per heavy atom. The Bertz CT molecular complexity index is 346. The van der Waals surface area contributed by atoms with Gasteiger partial charge in [0.25, 0.3) is 0 Å². The Morgan fingerprint density at radius 1 is 0.944 bits per heavy atom. The summed E-state index contributed by atoms with van der Waals surface area (Å²) in [4.78, 5) is 8.96. The summed E-state index contributed by atoms with van der Waals surface area (Å²) in [5.74, 6) is 7.44. The summed E-state index contributed by atoms with van der Waals surface area (Å²) < 4.78 is 0. The van der Waals surface area contributed by atoms with Crippen LogP contribution in [0.5, 0.6) is 0 Å². The zero-order valence-corrected chi connectivity index (χ0v) is 11.7. The molecule has 18 heavy (non-hydrogen) atoms. The predicted molar refractivity (Wildman–Crippen MR) is 74.2 cm³/mol. The van der Waals surface area contributed by atoms with Crippen LogP contribution in [0.1, 0.15) is 27.7 Å². The minimum Gasteiger partial charge on any atom is -0.354 e. The molecular weight excluding hydrogens is 228 g/mol. The van der Waals surface area contributed by atoms with Gasteiger partial charge in [-0.2, -0.15) is 0 Å². The average molecular weight is 252 g/mol. The Balaban J connectivity index is 2.03. The summed E-state index contributed by atoms with van der Waals surface area (Å²) >= 11 is 0. The van der Waals surface area contributed by atoms with Gasteiger partial charge in [0, 0.05) is 37.0 Å². The lowest BCUT2D eigenvalue weighted by Crippen LogP contribution is -2.59. The molecule has 0 bridgehead atoms. The highest BCUT2D eigenvalue weighted by Gasteiger charge is 2.28. The van der Waals surface area contributed by atoms with Gasteiger partial charge in [0.1, 0.15) is 0 Å². The molecule has 2 rings (SSSR count). The van der Waals surface area contributed by atoms with E-state index in [4.69, 9.17) is 5.84 Å². The van der Waals surface area contributed by atoms with Crippen molar-refractivity contribution < 1.29 is 0 Å². The second-order valence-corrected chi connectivity index (χ2v) is 6.69. The van der Waals surface area contributed by atoms with E-state index in [-0.39, 0.29) is 10.8 Å². The number of hydrogen-bond donors (Lipinski definition) is 3. The molecule has 0 spiro atoms. The number of hydrazine groups is 1. The third-order valence-corrected chi connectivity index (χ3v) is 3.22. The smallest absolute Gasteiger partial charge is 0.215 e. The predicted octanol–water partition coefficient (Wildman–Crippen LogP) is 0.133. The second kappa shape index (κ2) is 4.42. The lowest BCUT2D eigenvalue weighted by Gasteiger charge is -2.35. The molecule has 0 aliphatic carbocycles. The number of nitrogens with zero attached hydrogens (tertiary/aromatic N) is 3. The number of nitrogens with one attached hydrogen (secondary N) is 2. The lowest BCUT2D eigenvalue weighted by molar-refractivity contribution is 0.335. The van der Waals surface area contributed by atoms with Crippen molar-refractivity contribution in [3.05, 3.63) is 0 Å². The molecule has 102 valence electrons. The van der Waals surface area contributed by atoms with Gasteiger partial charge in [0.05, 0.1) is 0 Å². The van der Waals surface area contributed by atoms with E-state index in [1.54, 1.807) is 0 Å². The molecule has 0 saturated carbocycles. The largest absolute Gasteiger partial charge is 0.354 e. The van der Waals surface area contributed by atoms with Gasteiger partial charge in [-0.05, 0) is 0 Å². The SMILES string of the molecule is CC1(C)CN=C(N(N)C2=NCC(C)(C)CN2)NC1. The van der Waals surface area contributed by atoms with Crippen molar-refractivity contribution >= 4 is 11.9 Å². The van der Waals surface area contributed by atoms with Crippen LogP contribution >= 0.6 is 0 Å². The van der Waals surface area contributed by atoms with E-state index < -0.39 is 0 Å². The summed E-state index contributed by atoms with van der Waals surface area (Å²) in [6.45, 7) is 12.0. The zero-order chi connectivity index (χ0) is 13.4. The van der Waals surface area contributed by atoms with Crippen LogP contribution in [0.3, 0.4) is 0 Å². The van der Waals surface area contributed by atoms with E-state index >= 15 is 0 Å². The maximum atomic E-state index is 6.05. The van der Waals surface area contributed by atoms with Gasteiger partial charge < -0.3 is 10.6 Å². The number of nitrogens with two attached hydrogens (primary N) is 1. The fraction of sp³-hybridized carbons (Fsp3) is 0.833. The molecule has 0 atom stereocenters. The number of rotatable bonds is 0. The van der Waals surface area contributed by atoms with Crippen LogP contribution in [0.4, 0.5) is 0 Å². The molecule has 0 unspecified atom stereocenters. The highest BCUT2D eigenvalue weighted by molar-refractivity contribution is 5.98. The maximum Gasteiger partial charge on any atom is 0.215 e. The van der Waals surface area contributed by atoms with E-state index in [0.29, 0.717) is 11.9 Å². The Labute approximate surface area is 109 Å². The van der Waals surface area contributed by atoms with Crippen LogP contribution in [0.2, 0.25) is 0 Å². The molecule has 2 aliphatic heterocycles. The zero-order valence-electron chi connectivity index (χ0n) is 11.7. The van der Waals surface area contributed by atoms with Crippen molar-refractivity contribution in [1.29, 1.82) is 0 Å². The average Bonchev–Trinajstić information content (AvgIpc) is 2.28. The minimum atomic E-state index is 0.189. The van der Waals surface area contributed by atoms with Crippen molar-refractivity contribution in [1.82, 2.24) is 15.6 Å². The van der Waals surface area contributed by atoms with Crippen LogP contribution in [-0.4, -0.2) is 43.1 Å². The van der Waals surface area contributed by atoms with Crippen molar-refractivity contribution in [2.75, 3.05) is 26.2 Å². The summed E-state index contributed by atoms with van der Waals surface area (Å²) in [7, 11) is 0. The first-order valence-corrected chi connectivity index (χ1v) is 6.41. The molecule has 4 N–H and O–H groups in total. The Hall–Kier alpha value is -1.30. The van der Waals surface area contributed by atoms with Gasteiger partial charge in [0.15, 0.2) is 0 Å². The standard InChI is InChI=1S/C12H24N6/c1-11(2)5-14-9(15-6-11)18(13)10-16-7-12(3,4)8-17-10/h5-8,13H2,1-4H3,(H,14,15)(H,16,17). The molecule has 2 aliphatic rings. The van der Waals surface area contributed by atoms with Gasteiger partial charge in [-0.15, -0.1) is 0 Å². The fourth-order valence-electron chi connectivity index (χ4n) is 1.86. The lowest BCUT2D eigenvalue weighted by atomic mass is 9.93. The third-order valence-electron chi connectivity index (χ3n) is 3.22. The molecule has 6 nitrogen and oxygen atoms in total. The first-order valence-electron chi connectivity index (χ1n) is 6.41. The fourth-order valence-corrected chi connectivity index (χ4v) is 1.86. The molecule has 0 amide bonds. The third kappa shape index (κ3) is 2.93. The number of guanidine groups is 2. The van der Waals surface area contributed by atoms with Gasteiger partial charge in [-0.3, -0.25) is 9.98 Å². The van der Waals surface area contributed by atoms with E-state index in [0.717, 1.165) is 26.2 Å². The molecule has 0 aromatic rings. The first kappa shape index (κ1) is 13.1. The second-order valence-electron chi connectivity index (χ2n) is 6.69. The molecule has 0 fully saturated rings. The van der Waals surface area contributed by atoms with Crippen molar-refractivity contribution in [3.63, 3.8) is 0 Å². The van der Waals surface area contributed by atoms with E-state index in [2.05, 4.69) is 48.3 Å². The number of hydrogen-bond acceptors (Lipinski definition) is 6. The molecule has 2 heterocycles. The van der Waals surface area contributed by atoms with Crippen LogP contribution in [0.25, 0.3) is 0 Å². The van der Waals surface area contributed by atoms with Crippen molar-refractivity contribution in [3.8, 4) is 0 Å². The summed E-state index contributed by atoms with van der Waals surface area (Å²) in [5.41, 5.74) is 0.377. The minimum absolute atomic E-state index is 0.189. The highest BCUT2D eigenvalue weighted by Crippen LogP contribution is 2.19. The summed E-state index contributed by atoms with van der Waals surface area (Å²) in [5, 5.41) is 8.03. The van der Waals surface area contributed by atoms with E-state index in [9.17, 15) is 0 Å². The highest BCUT2D eigenvalue weighted by atomic mass is 15.5. The van der Waals surface area contributed by atoms with Crippen LogP contribution in [0.15, 0.2) is 9.98 Å². The Morgan fingerprint density at radius 2 is 1.33 bits per heavy atom.